The molecule has 2 aromatic rings. The number of nitrogens with one attached hydrogen (secondary N) is 3. The molecular weight excluding hydrogens is 362 g/mol. The molecule has 1 aromatic carbocycles. The van der Waals surface area contributed by atoms with Crippen LogP contribution in [0.3, 0.4) is 0 Å². The molecule has 0 fully saturated rings. The standard InChI is InChI=1S/C20H25N3O3S/c1-12-10-16(23-19(26)20(2,3)4)27-17(12)18(25)22-14-8-6-13(7-9-14)11-15(24)21-5/h6-10H,11H2,1-5H3,(H,21,24)(H,22,25)(H,23,26). The van der Waals surface area contributed by atoms with Crippen molar-refractivity contribution in [2.75, 3.05) is 17.7 Å². The molecule has 3 amide bonds. The van der Waals surface area contributed by atoms with Crippen LogP contribution in [0.15, 0.2) is 30.3 Å². The molecular formula is C20H25N3O3S. The van der Waals surface area contributed by atoms with Crippen LogP contribution < -0.4 is 16.0 Å². The minimum absolute atomic E-state index is 0.0640. The Morgan fingerprint density at radius 3 is 2.22 bits per heavy atom. The van der Waals surface area contributed by atoms with Gasteiger partial charge in [-0.2, -0.15) is 0 Å². The Morgan fingerprint density at radius 2 is 1.67 bits per heavy atom. The molecule has 0 atom stereocenters. The maximum Gasteiger partial charge on any atom is 0.266 e. The summed E-state index contributed by atoms with van der Waals surface area (Å²) in [5.74, 6) is -0.388. The molecule has 0 aliphatic carbocycles. The molecule has 27 heavy (non-hydrogen) atoms. The summed E-state index contributed by atoms with van der Waals surface area (Å²) in [6.07, 6.45) is 0.297. The van der Waals surface area contributed by atoms with Crippen LogP contribution in [-0.4, -0.2) is 24.8 Å². The molecule has 0 spiro atoms. The van der Waals surface area contributed by atoms with Crippen LogP contribution in [0.2, 0.25) is 0 Å². The molecule has 7 heteroatoms. The predicted octanol–water partition coefficient (Wildman–Crippen LogP) is 3.58. The van der Waals surface area contributed by atoms with Gasteiger partial charge in [0, 0.05) is 18.2 Å². The van der Waals surface area contributed by atoms with Gasteiger partial charge in [-0.25, -0.2) is 0 Å². The van der Waals surface area contributed by atoms with Crippen molar-refractivity contribution in [2.24, 2.45) is 5.41 Å². The normalized spacial score (nSPS) is 11.0. The van der Waals surface area contributed by atoms with Crippen molar-refractivity contribution in [3.8, 4) is 0 Å². The van der Waals surface area contributed by atoms with Crippen molar-refractivity contribution >= 4 is 39.7 Å². The zero-order valence-corrected chi connectivity index (χ0v) is 17.0. The number of aryl methyl sites for hydroxylation is 1. The van der Waals surface area contributed by atoms with Gasteiger partial charge >= 0.3 is 0 Å². The van der Waals surface area contributed by atoms with Crippen molar-refractivity contribution < 1.29 is 14.4 Å². The Kier molecular flexibility index (Phi) is 6.38. The summed E-state index contributed by atoms with van der Waals surface area (Å²) in [7, 11) is 1.60. The molecule has 0 aliphatic heterocycles. The van der Waals surface area contributed by atoms with E-state index < -0.39 is 5.41 Å². The van der Waals surface area contributed by atoms with E-state index in [0.717, 1.165) is 11.1 Å². The second-order valence-corrected chi connectivity index (χ2v) is 8.38. The molecule has 1 aromatic heterocycles. The smallest absolute Gasteiger partial charge is 0.266 e. The van der Waals surface area contributed by atoms with Crippen LogP contribution in [0, 0.1) is 12.3 Å². The highest BCUT2D eigenvalue weighted by atomic mass is 32.1. The predicted molar refractivity (Wildman–Crippen MR) is 109 cm³/mol. The third-order valence-corrected chi connectivity index (χ3v) is 5.05. The number of thiophene rings is 1. The van der Waals surface area contributed by atoms with Gasteiger partial charge in [0.15, 0.2) is 0 Å². The highest BCUT2D eigenvalue weighted by Crippen LogP contribution is 2.29. The zero-order valence-electron chi connectivity index (χ0n) is 16.2. The number of benzene rings is 1. The number of likely N-dealkylation sites (N-methyl/N-ethyl adjacent to an activating group) is 1. The van der Waals surface area contributed by atoms with Crippen LogP contribution in [0.5, 0.6) is 0 Å². The van der Waals surface area contributed by atoms with Gasteiger partial charge in [0.05, 0.1) is 16.3 Å². The van der Waals surface area contributed by atoms with E-state index in [-0.39, 0.29) is 17.7 Å². The third kappa shape index (κ3) is 5.65. The lowest BCUT2D eigenvalue weighted by Gasteiger charge is -2.16. The first kappa shape index (κ1) is 20.6. The summed E-state index contributed by atoms with van der Waals surface area (Å²) >= 11 is 1.25. The van der Waals surface area contributed by atoms with Gasteiger partial charge in [-0.05, 0) is 36.2 Å². The van der Waals surface area contributed by atoms with Gasteiger partial charge < -0.3 is 16.0 Å². The first-order valence-electron chi connectivity index (χ1n) is 8.63. The molecule has 1 heterocycles. The van der Waals surface area contributed by atoms with E-state index in [4.69, 9.17) is 0 Å². The Hall–Kier alpha value is -2.67. The Morgan fingerprint density at radius 1 is 1.04 bits per heavy atom. The Labute approximate surface area is 163 Å². The number of anilines is 2. The molecule has 6 nitrogen and oxygen atoms in total. The summed E-state index contributed by atoms with van der Waals surface area (Å²) in [6, 6.07) is 8.95. The number of amides is 3. The molecule has 0 aliphatic rings. The Bertz CT molecular complexity index is 848. The number of rotatable bonds is 5. The van der Waals surface area contributed by atoms with Gasteiger partial charge in [0.25, 0.3) is 5.91 Å². The lowest BCUT2D eigenvalue weighted by molar-refractivity contribution is -0.123. The van der Waals surface area contributed by atoms with E-state index in [1.165, 1.54) is 11.3 Å². The average Bonchev–Trinajstić information content (AvgIpc) is 2.96. The van der Waals surface area contributed by atoms with Gasteiger partial charge in [0.2, 0.25) is 11.8 Å². The fraction of sp³-hybridized carbons (Fsp3) is 0.350. The van der Waals surface area contributed by atoms with Crippen LogP contribution >= 0.6 is 11.3 Å². The fourth-order valence-corrected chi connectivity index (χ4v) is 3.20. The largest absolute Gasteiger partial charge is 0.359 e. The number of carbonyl (C=O) groups is 3. The fourth-order valence-electron chi connectivity index (χ4n) is 2.24. The molecule has 2 rings (SSSR count). The van der Waals surface area contributed by atoms with E-state index in [1.54, 1.807) is 37.4 Å². The zero-order chi connectivity index (χ0) is 20.2. The molecule has 0 unspecified atom stereocenters. The van der Waals surface area contributed by atoms with E-state index in [2.05, 4.69) is 16.0 Å². The maximum absolute atomic E-state index is 12.6. The first-order valence-corrected chi connectivity index (χ1v) is 9.44. The molecule has 144 valence electrons. The monoisotopic (exact) mass is 387 g/mol. The lowest BCUT2D eigenvalue weighted by atomic mass is 9.96. The van der Waals surface area contributed by atoms with Crippen LogP contribution in [0.1, 0.15) is 41.6 Å². The third-order valence-electron chi connectivity index (χ3n) is 3.90. The summed E-state index contributed by atoms with van der Waals surface area (Å²) in [6.45, 7) is 7.35. The van der Waals surface area contributed by atoms with E-state index in [1.807, 2.05) is 27.7 Å². The Balaban J connectivity index is 2.06. The summed E-state index contributed by atoms with van der Waals surface area (Å²) in [5, 5.41) is 8.93. The van der Waals surface area contributed by atoms with Crippen molar-refractivity contribution in [2.45, 2.75) is 34.1 Å². The van der Waals surface area contributed by atoms with E-state index in [0.29, 0.717) is 22.0 Å². The number of hydrogen-bond acceptors (Lipinski definition) is 4. The lowest BCUT2D eigenvalue weighted by Crippen LogP contribution is -2.27. The van der Waals surface area contributed by atoms with Crippen molar-refractivity contribution in [3.63, 3.8) is 0 Å². The van der Waals surface area contributed by atoms with E-state index in [9.17, 15) is 14.4 Å². The van der Waals surface area contributed by atoms with Crippen LogP contribution in [-0.2, 0) is 16.0 Å². The molecule has 0 saturated carbocycles. The van der Waals surface area contributed by atoms with Crippen LogP contribution in [0.4, 0.5) is 10.7 Å². The van der Waals surface area contributed by atoms with Crippen LogP contribution in [0.25, 0.3) is 0 Å². The van der Waals surface area contributed by atoms with Crippen molar-refractivity contribution in [3.05, 3.63) is 46.3 Å². The highest BCUT2D eigenvalue weighted by molar-refractivity contribution is 7.18. The minimum Gasteiger partial charge on any atom is -0.359 e. The maximum atomic E-state index is 12.6. The average molecular weight is 388 g/mol. The second-order valence-electron chi connectivity index (χ2n) is 7.33. The molecule has 0 saturated heterocycles. The first-order chi connectivity index (χ1) is 12.6. The quantitative estimate of drug-likeness (QED) is 0.733. The van der Waals surface area contributed by atoms with Gasteiger partial charge in [0.1, 0.15) is 0 Å². The minimum atomic E-state index is -0.503. The van der Waals surface area contributed by atoms with Crippen molar-refractivity contribution in [1.82, 2.24) is 5.32 Å². The van der Waals surface area contributed by atoms with Gasteiger partial charge in [-0.3, -0.25) is 14.4 Å². The SMILES string of the molecule is CNC(=O)Cc1ccc(NC(=O)c2sc(NC(=O)C(C)(C)C)cc2C)cc1. The molecule has 3 N–H and O–H groups in total. The molecule has 0 bridgehead atoms. The summed E-state index contributed by atoms with van der Waals surface area (Å²) in [4.78, 5) is 36.6. The number of hydrogen-bond donors (Lipinski definition) is 3. The molecule has 0 radical (unpaired) electrons. The second kappa shape index (κ2) is 8.35. The van der Waals surface area contributed by atoms with Gasteiger partial charge in [-0.15, -0.1) is 11.3 Å². The van der Waals surface area contributed by atoms with Gasteiger partial charge in [-0.1, -0.05) is 32.9 Å². The number of carbonyl (C=O) groups excluding carboxylic acids is 3. The summed E-state index contributed by atoms with van der Waals surface area (Å²) in [5.41, 5.74) is 1.81. The van der Waals surface area contributed by atoms with Crippen molar-refractivity contribution in [1.29, 1.82) is 0 Å². The highest BCUT2D eigenvalue weighted by Gasteiger charge is 2.23. The topological polar surface area (TPSA) is 87.3 Å². The van der Waals surface area contributed by atoms with E-state index >= 15 is 0 Å². The summed E-state index contributed by atoms with van der Waals surface area (Å²) < 4.78 is 0.